The minimum absolute atomic E-state index is 0.236. The van der Waals surface area contributed by atoms with E-state index in [1.54, 1.807) is 12.1 Å². The van der Waals surface area contributed by atoms with E-state index in [4.69, 9.17) is 23.2 Å². The van der Waals surface area contributed by atoms with E-state index in [2.05, 4.69) is 5.32 Å². The third-order valence-corrected chi connectivity index (χ3v) is 3.62. The molecule has 0 aliphatic heterocycles. The summed E-state index contributed by atoms with van der Waals surface area (Å²) in [5.74, 6) is 0.195. The zero-order valence-electron chi connectivity index (χ0n) is 9.83. The summed E-state index contributed by atoms with van der Waals surface area (Å²) in [7, 11) is 0. The van der Waals surface area contributed by atoms with Crippen molar-refractivity contribution in [1.82, 2.24) is 5.32 Å². The van der Waals surface area contributed by atoms with Gasteiger partial charge in [-0.15, -0.1) is 0 Å². The first kappa shape index (κ1) is 13.7. The lowest BCUT2D eigenvalue weighted by molar-refractivity contribution is 0.0937. The van der Waals surface area contributed by atoms with Crippen molar-refractivity contribution in [3.8, 4) is 0 Å². The van der Waals surface area contributed by atoms with Crippen LogP contribution in [0.3, 0.4) is 0 Å². The van der Waals surface area contributed by atoms with Crippen LogP contribution in [-0.4, -0.2) is 23.7 Å². The largest absolute Gasteiger partial charge is 0.393 e. The van der Waals surface area contributed by atoms with E-state index in [1.165, 1.54) is 6.07 Å². The average molecular weight is 288 g/mol. The quantitative estimate of drug-likeness (QED) is 0.875. The fourth-order valence-corrected chi connectivity index (χ4v) is 2.31. The SMILES string of the molecule is O=C(NCC[C@@H](O)C1CC1)c1ccc(Cl)cc1Cl. The number of benzene rings is 1. The number of hydrogen-bond acceptors (Lipinski definition) is 2. The van der Waals surface area contributed by atoms with Gasteiger partial charge in [-0.2, -0.15) is 0 Å². The maximum atomic E-state index is 11.8. The Morgan fingerprint density at radius 1 is 1.44 bits per heavy atom. The molecule has 0 heterocycles. The molecule has 1 amide bonds. The molecule has 1 fully saturated rings. The number of nitrogens with one attached hydrogen (secondary N) is 1. The maximum absolute atomic E-state index is 11.8. The number of carbonyl (C=O) groups is 1. The second kappa shape index (κ2) is 5.91. The third kappa shape index (κ3) is 3.61. The van der Waals surface area contributed by atoms with Gasteiger partial charge in [-0.25, -0.2) is 0 Å². The molecule has 1 aliphatic carbocycles. The van der Waals surface area contributed by atoms with Crippen LogP contribution in [0.2, 0.25) is 10.0 Å². The number of amides is 1. The van der Waals surface area contributed by atoms with Gasteiger partial charge in [-0.1, -0.05) is 23.2 Å². The number of aliphatic hydroxyl groups excluding tert-OH is 1. The number of carbonyl (C=O) groups excluding carboxylic acids is 1. The topological polar surface area (TPSA) is 49.3 Å². The highest BCUT2D eigenvalue weighted by atomic mass is 35.5. The van der Waals surface area contributed by atoms with Gasteiger partial charge in [0.15, 0.2) is 0 Å². The maximum Gasteiger partial charge on any atom is 0.252 e. The van der Waals surface area contributed by atoms with Crippen LogP contribution >= 0.6 is 23.2 Å². The van der Waals surface area contributed by atoms with Gasteiger partial charge in [0.1, 0.15) is 0 Å². The molecule has 0 aromatic heterocycles. The summed E-state index contributed by atoms with van der Waals surface area (Å²) >= 11 is 11.7. The second-order valence-electron chi connectivity index (χ2n) is 4.57. The summed E-state index contributed by atoms with van der Waals surface area (Å²) in [6, 6.07) is 4.76. The van der Waals surface area contributed by atoms with Gasteiger partial charge in [-0.05, 0) is 43.4 Å². The summed E-state index contributed by atoms with van der Waals surface area (Å²) < 4.78 is 0. The number of rotatable bonds is 5. The summed E-state index contributed by atoms with van der Waals surface area (Å²) in [6.07, 6.45) is 2.48. The van der Waals surface area contributed by atoms with Crippen molar-refractivity contribution >= 4 is 29.1 Å². The highest BCUT2D eigenvalue weighted by Gasteiger charge is 2.29. The van der Waals surface area contributed by atoms with Crippen molar-refractivity contribution in [3.05, 3.63) is 33.8 Å². The molecule has 5 heteroatoms. The molecule has 0 spiro atoms. The van der Waals surface area contributed by atoms with Crippen LogP contribution in [0, 0.1) is 5.92 Å². The van der Waals surface area contributed by atoms with Crippen molar-refractivity contribution in [3.63, 3.8) is 0 Å². The first-order valence-corrected chi connectivity index (χ1v) is 6.75. The fraction of sp³-hybridized carbons (Fsp3) is 0.462. The molecule has 0 radical (unpaired) electrons. The van der Waals surface area contributed by atoms with Crippen molar-refractivity contribution in [2.24, 2.45) is 5.92 Å². The Kier molecular flexibility index (Phi) is 4.49. The molecule has 0 saturated heterocycles. The Balaban J connectivity index is 1.83. The lowest BCUT2D eigenvalue weighted by Gasteiger charge is -2.10. The zero-order chi connectivity index (χ0) is 13.1. The van der Waals surface area contributed by atoms with Gasteiger partial charge in [0, 0.05) is 11.6 Å². The molecular weight excluding hydrogens is 273 g/mol. The standard InChI is InChI=1S/C13H15Cl2NO2/c14-9-3-4-10(11(15)7-9)13(18)16-6-5-12(17)8-1-2-8/h3-4,7-8,12,17H,1-2,5-6H2,(H,16,18)/t12-/m1/s1. The van der Waals surface area contributed by atoms with Crippen LogP contribution in [0.15, 0.2) is 18.2 Å². The molecular formula is C13H15Cl2NO2. The normalized spacial score (nSPS) is 16.4. The number of aliphatic hydroxyl groups is 1. The Hall–Kier alpha value is -0.770. The minimum Gasteiger partial charge on any atom is -0.393 e. The molecule has 2 N–H and O–H groups in total. The van der Waals surface area contributed by atoms with Crippen molar-refractivity contribution in [2.75, 3.05) is 6.54 Å². The first-order chi connectivity index (χ1) is 8.58. The summed E-state index contributed by atoms with van der Waals surface area (Å²) in [5, 5.41) is 13.3. The van der Waals surface area contributed by atoms with Gasteiger partial charge >= 0.3 is 0 Å². The molecule has 1 aromatic carbocycles. The van der Waals surface area contributed by atoms with Gasteiger partial charge in [0.2, 0.25) is 0 Å². The van der Waals surface area contributed by atoms with Crippen LogP contribution in [0.25, 0.3) is 0 Å². The third-order valence-electron chi connectivity index (χ3n) is 3.07. The Labute approximate surface area is 116 Å². The molecule has 18 heavy (non-hydrogen) atoms. The molecule has 2 rings (SSSR count). The number of hydrogen-bond donors (Lipinski definition) is 2. The molecule has 1 aliphatic rings. The lowest BCUT2D eigenvalue weighted by Crippen LogP contribution is -2.27. The van der Waals surface area contributed by atoms with Crippen molar-refractivity contribution in [1.29, 1.82) is 0 Å². The molecule has 0 bridgehead atoms. The molecule has 0 unspecified atom stereocenters. The van der Waals surface area contributed by atoms with Crippen LogP contribution in [0.5, 0.6) is 0 Å². The summed E-state index contributed by atoms with van der Waals surface area (Å²) in [5.41, 5.74) is 0.405. The predicted octanol–water partition coefficient (Wildman–Crippen LogP) is 2.88. The number of halogens is 2. The van der Waals surface area contributed by atoms with Crippen molar-refractivity contribution < 1.29 is 9.90 Å². The van der Waals surface area contributed by atoms with E-state index < -0.39 is 0 Å². The zero-order valence-corrected chi connectivity index (χ0v) is 11.3. The second-order valence-corrected chi connectivity index (χ2v) is 5.42. The fourth-order valence-electron chi connectivity index (χ4n) is 1.82. The molecule has 3 nitrogen and oxygen atoms in total. The van der Waals surface area contributed by atoms with Gasteiger partial charge < -0.3 is 10.4 Å². The van der Waals surface area contributed by atoms with E-state index in [0.29, 0.717) is 34.5 Å². The molecule has 1 saturated carbocycles. The summed E-state index contributed by atoms with van der Waals surface area (Å²) in [4.78, 5) is 11.8. The lowest BCUT2D eigenvalue weighted by atomic mass is 10.1. The first-order valence-electron chi connectivity index (χ1n) is 5.99. The predicted molar refractivity (Wildman–Crippen MR) is 72.1 cm³/mol. The highest BCUT2D eigenvalue weighted by molar-refractivity contribution is 6.36. The highest BCUT2D eigenvalue weighted by Crippen LogP contribution is 2.33. The van der Waals surface area contributed by atoms with Gasteiger partial charge in [0.05, 0.1) is 16.7 Å². The van der Waals surface area contributed by atoms with Crippen LogP contribution in [0.4, 0.5) is 0 Å². The van der Waals surface area contributed by atoms with E-state index in [-0.39, 0.29) is 12.0 Å². The van der Waals surface area contributed by atoms with Gasteiger partial charge in [-0.3, -0.25) is 4.79 Å². The Morgan fingerprint density at radius 3 is 2.78 bits per heavy atom. The van der Waals surface area contributed by atoms with E-state index in [0.717, 1.165) is 12.8 Å². The summed E-state index contributed by atoms with van der Waals surface area (Å²) in [6.45, 7) is 0.454. The molecule has 1 atom stereocenters. The van der Waals surface area contributed by atoms with E-state index in [1.807, 2.05) is 0 Å². The minimum atomic E-state index is -0.300. The van der Waals surface area contributed by atoms with Crippen molar-refractivity contribution in [2.45, 2.75) is 25.4 Å². The van der Waals surface area contributed by atoms with Crippen LogP contribution in [0.1, 0.15) is 29.6 Å². The Morgan fingerprint density at radius 2 is 2.17 bits per heavy atom. The smallest absolute Gasteiger partial charge is 0.252 e. The molecule has 1 aromatic rings. The monoisotopic (exact) mass is 287 g/mol. The van der Waals surface area contributed by atoms with Crippen LogP contribution < -0.4 is 5.32 Å². The molecule has 98 valence electrons. The average Bonchev–Trinajstić information content (AvgIpc) is 3.12. The van der Waals surface area contributed by atoms with Gasteiger partial charge in [0.25, 0.3) is 5.91 Å². The Bertz CT molecular complexity index is 447. The van der Waals surface area contributed by atoms with E-state index >= 15 is 0 Å². The van der Waals surface area contributed by atoms with Crippen LogP contribution in [-0.2, 0) is 0 Å². The van der Waals surface area contributed by atoms with E-state index in [9.17, 15) is 9.90 Å².